The Morgan fingerprint density at radius 3 is 2.67 bits per heavy atom. The predicted octanol–water partition coefficient (Wildman–Crippen LogP) is 0.171. The summed E-state index contributed by atoms with van der Waals surface area (Å²) < 4.78 is 44.1. The molecule has 5 atom stereocenters. The summed E-state index contributed by atoms with van der Waals surface area (Å²) in [6.07, 6.45) is 0.690. The van der Waals surface area contributed by atoms with Crippen molar-refractivity contribution in [3.8, 4) is 0 Å². The second-order valence-corrected chi connectivity index (χ2v) is 8.18. The van der Waals surface area contributed by atoms with E-state index in [0.717, 1.165) is 6.42 Å². The van der Waals surface area contributed by atoms with E-state index in [4.69, 9.17) is 13.7 Å². The van der Waals surface area contributed by atoms with Gasteiger partial charge in [-0.2, -0.15) is 8.42 Å². The summed E-state index contributed by atoms with van der Waals surface area (Å²) in [5, 5.41) is -0.381. The molecule has 0 aromatic rings. The molecule has 3 aliphatic rings. The lowest BCUT2D eigenvalue weighted by molar-refractivity contribution is -0.158. The summed E-state index contributed by atoms with van der Waals surface area (Å²) in [5.74, 6) is -1.14. The molecule has 5 unspecified atom stereocenters. The molecule has 3 fully saturated rings. The highest BCUT2D eigenvalue weighted by molar-refractivity contribution is 7.87. The normalized spacial score (nSPS) is 35.0. The summed E-state index contributed by atoms with van der Waals surface area (Å²) in [6.45, 7) is 4.53. The Balaban J connectivity index is 1.37. The number of hydrogen-bond acceptors (Lipinski definition) is 8. The van der Waals surface area contributed by atoms with Gasteiger partial charge in [0.1, 0.15) is 12.7 Å². The van der Waals surface area contributed by atoms with Gasteiger partial charge < -0.3 is 14.2 Å². The molecule has 24 heavy (non-hydrogen) atoms. The van der Waals surface area contributed by atoms with Crippen LogP contribution < -0.4 is 0 Å². The average molecular weight is 360 g/mol. The van der Waals surface area contributed by atoms with Crippen LogP contribution in [0.3, 0.4) is 0 Å². The van der Waals surface area contributed by atoms with E-state index in [1.807, 2.05) is 0 Å². The van der Waals surface area contributed by atoms with E-state index >= 15 is 0 Å². The van der Waals surface area contributed by atoms with Gasteiger partial charge in [0.2, 0.25) is 0 Å². The van der Waals surface area contributed by atoms with Crippen molar-refractivity contribution >= 4 is 22.1 Å². The lowest BCUT2D eigenvalue weighted by Gasteiger charge is -2.25. The van der Waals surface area contributed by atoms with Crippen molar-refractivity contribution in [1.29, 1.82) is 0 Å². The number of carbonyl (C=O) groups excluding carboxylic acids is 2. The Morgan fingerprint density at radius 2 is 1.96 bits per heavy atom. The molecule has 1 aliphatic heterocycles. The first-order chi connectivity index (χ1) is 11.3. The molecule has 0 N–H and O–H groups in total. The summed E-state index contributed by atoms with van der Waals surface area (Å²) in [4.78, 5) is 22.6. The summed E-state index contributed by atoms with van der Waals surface area (Å²) in [5.41, 5.74) is 0.201. The minimum absolute atomic E-state index is 0.000239. The van der Waals surface area contributed by atoms with Crippen LogP contribution in [0.25, 0.3) is 0 Å². The minimum atomic E-state index is -3.45. The van der Waals surface area contributed by atoms with Crippen molar-refractivity contribution in [2.45, 2.75) is 37.2 Å². The van der Waals surface area contributed by atoms with Crippen LogP contribution in [0, 0.1) is 11.8 Å². The summed E-state index contributed by atoms with van der Waals surface area (Å²) in [6, 6.07) is 0. The molecular weight excluding hydrogens is 340 g/mol. The molecule has 1 heterocycles. The Hall–Kier alpha value is -1.45. The number of fused-ring (bicyclic) bond motifs is 1. The van der Waals surface area contributed by atoms with Crippen LogP contribution in [0.15, 0.2) is 12.2 Å². The highest BCUT2D eigenvalue weighted by Gasteiger charge is 2.64. The lowest BCUT2D eigenvalue weighted by atomic mass is 9.94. The molecule has 2 bridgehead atoms. The molecule has 134 valence electrons. The zero-order valence-electron chi connectivity index (χ0n) is 13.3. The van der Waals surface area contributed by atoms with E-state index in [1.165, 1.54) is 6.92 Å². The summed E-state index contributed by atoms with van der Waals surface area (Å²) >= 11 is 0. The maximum absolute atomic E-state index is 11.8. The fraction of sp³-hybridized carbons (Fsp3) is 0.733. The van der Waals surface area contributed by atoms with E-state index in [0.29, 0.717) is 6.42 Å². The Bertz CT molecular complexity index is 654. The van der Waals surface area contributed by atoms with Crippen LogP contribution in [-0.2, 0) is 38.1 Å². The first-order valence-electron chi connectivity index (χ1n) is 7.81. The van der Waals surface area contributed by atoms with Gasteiger partial charge in [-0.3, -0.25) is 4.18 Å². The van der Waals surface area contributed by atoms with Gasteiger partial charge >= 0.3 is 11.9 Å². The van der Waals surface area contributed by atoms with Gasteiger partial charge in [-0.25, -0.2) is 9.59 Å². The smallest absolute Gasteiger partial charge is 0.344 e. The monoisotopic (exact) mass is 360 g/mol. The van der Waals surface area contributed by atoms with Gasteiger partial charge in [0.05, 0.1) is 18.0 Å². The van der Waals surface area contributed by atoms with Crippen molar-refractivity contribution in [3.63, 3.8) is 0 Å². The Kier molecular flexibility index (Phi) is 4.67. The average Bonchev–Trinajstić information content (AvgIpc) is 3.12. The molecular formula is C15H20O8S. The molecule has 0 radical (unpaired) electrons. The van der Waals surface area contributed by atoms with Crippen LogP contribution in [0.2, 0.25) is 0 Å². The fourth-order valence-electron chi connectivity index (χ4n) is 3.74. The van der Waals surface area contributed by atoms with Gasteiger partial charge in [0, 0.05) is 11.5 Å². The van der Waals surface area contributed by atoms with E-state index in [9.17, 15) is 18.0 Å². The molecule has 0 aromatic heterocycles. The van der Waals surface area contributed by atoms with E-state index < -0.39 is 34.8 Å². The van der Waals surface area contributed by atoms with Gasteiger partial charge in [0.25, 0.3) is 10.1 Å². The maximum atomic E-state index is 11.8. The molecule has 9 heteroatoms. The number of esters is 2. The third kappa shape index (κ3) is 3.20. The predicted molar refractivity (Wildman–Crippen MR) is 80.3 cm³/mol. The van der Waals surface area contributed by atoms with Crippen molar-refractivity contribution in [2.24, 2.45) is 11.8 Å². The van der Waals surface area contributed by atoms with Crippen molar-refractivity contribution in [1.82, 2.24) is 0 Å². The molecule has 0 aromatic carbocycles. The number of carbonyl (C=O) groups is 2. The van der Waals surface area contributed by atoms with Gasteiger partial charge in [-0.05, 0) is 25.7 Å². The molecule has 8 nitrogen and oxygen atoms in total. The van der Waals surface area contributed by atoms with Crippen LogP contribution >= 0.6 is 0 Å². The van der Waals surface area contributed by atoms with E-state index in [1.54, 1.807) is 0 Å². The maximum Gasteiger partial charge on any atom is 0.344 e. The topological polar surface area (TPSA) is 105 Å². The first-order valence-corrected chi connectivity index (χ1v) is 9.28. The molecule has 1 saturated heterocycles. The molecule has 2 saturated carbocycles. The highest BCUT2D eigenvalue weighted by Crippen LogP contribution is 2.55. The van der Waals surface area contributed by atoms with Crippen LogP contribution in [-0.4, -0.2) is 57.6 Å². The van der Waals surface area contributed by atoms with Crippen LogP contribution in [0.1, 0.15) is 19.8 Å². The zero-order valence-corrected chi connectivity index (χ0v) is 14.1. The molecule has 0 amide bonds. The number of hydrogen-bond donors (Lipinski definition) is 0. The van der Waals surface area contributed by atoms with Crippen molar-refractivity contribution in [3.05, 3.63) is 12.2 Å². The van der Waals surface area contributed by atoms with Gasteiger partial charge in [-0.15, -0.1) is 0 Å². The fourth-order valence-corrected chi connectivity index (χ4v) is 5.62. The molecule has 2 aliphatic carbocycles. The molecule has 3 rings (SSSR count). The third-order valence-electron chi connectivity index (χ3n) is 4.74. The number of ether oxygens (including phenoxy) is 3. The standard InChI is InChI=1S/C15H20O8S/c1-8(2)15(17)22-7-12(16)20-3-4-21-13-9-5-10-11(6-9)24(18,19)23-14(10)13/h9-11,13-14H,1,3-7H2,2H3. The van der Waals surface area contributed by atoms with E-state index in [-0.39, 0.29) is 42.0 Å². The Labute approximate surface area is 140 Å². The Morgan fingerprint density at radius 1 is 1.21 bits per heavy atom. The van der Waals surface area contributed by atoms with Crippen LogP contribution in [0.4, 0.5) is 0 Å². The second-order valence-electron chi connectivity index (χ2n) is 6.40. The van der Waals surface area contributed by atoms with Gasteiger partial charge in [0.15, 0.2) is 6.61 Å². The largest absolute Gasteiger partial charge is 0.461 e. The quantitative estimate of drug-likeness (QED) is 0.274. The number of rotatable bonds is 7. The van der Waals surface area contributed by atoms with E-state index in [2.05, 4.69) is 11.3 Å². The van der Waals surface area contributed by atoms with Crippen LogP contribution in [0.5, 0.6) is 0 Å². The summed E-state index contributed by atoms with van der Waals surface area (Å²) in [7, 11) is -3.45. The third-order valence-corrected chi connectivity index (χ3v) is 6.51. The zero-order chi connectivity index (χ0) is 17.5. The second kappa shape index (κ2) is 6.45. The van der Waals surface area contributed by atoms with Gasteiger partial charge in [-0.1, -0.05) is 6.58 Å². The molecule has 0 spiro atoms. The highest BCUT2D eigenvalue weighted by atomic mass is 32.2. The SMILES string of the molecule is C=C(C)C(=O)OCC(=O)OCCOC1C2CC3C1OS(=O)(=O)C3C2. The van der Waals surface area contributed by atoms with Crippen molar-refractivity contribution < 1.29 is 36.4 Å². The first kappa shape index (κ1) is 17.4. The lowest BCUT2D eigenvalue weighted by Crippen LogP contribution is -2.36. The van der Waals surface area contributed by atoms with Crippen molar-refractivity contribution in [2.75, 3.05) is 19.8 Å². The minimum Gasteiger partial charge on any atom is -0.461 e.